The molecule has 0 unspecified atom stereocenters. The van der Waals surface area contributed by atoms with Gasteiger partial charge in [0.1, 0.15) is 0 Å². The number of aryl methyl sites for hydroxylation is 1. The van der Waals surface area contributed by atoms with Crippen molar-refractivity contribution < 1.29 is 4.74 Å². The van der Waals surface area contributed by atoms with E-state index in [2.05, 4.69) is 35.9 Å². The highest BCUT2D eigenvalue weighted by Crippen LogP contribution is 2.20. The zero-order chi connectivity index (χ0) is 14.7. The van der Waals surface area contributed by atoms with Gasteiger partial charge in [-0.05, 0) is 28.8 Å². The molecule has 0 aliphatic carbocycles. The quantitative estimate of drug-likeness (QED) is 0.893. The number of aromatic nitrogens is 4. The lowest BCUT2D eigenvalue weighted by atomic mass is 10.1. The number of likely N-dealkylation sites (tertiary alicyclic amines) is 1. The normalized spacial score (nSPS) is 17.4. The molecule has 114 valence electrons. The van der Waals surface area contributed by atoms with Crippen LogP contribution in [0.1, 0.15) is 24.2 Å². The molecule has 21 heavy (non-hydrogen) atoms. The summed E-state index contributed by atoms with van der Waals surface area (Å²) in [5, 5.41) is 4.48. The monoisotopic (exact) mass is 353 g/mol. The fourth-order valence-corrected chi connectivity index (χ4v) is 3.13. The number of hydrogen-bond acceptors (Lipinski definition) is 4. The Bertz CT molecular complexity index is 560. The van der Waals surface area contributed by atoms with E-state index in [4.69, 9.17) is 4.74 Å². The van der Waals surface area contributed by atoms with Crippen molar-refractivity contribution in [3.8, 4) is 0 Å². The highest BCUT2D eigenvalue weighted by atomic mass is 79.9. The Hall–Kier alpha value is -1.18. The van der Waals surface area contributed by atoms with Crippen molar-refractivity contribution in [1.29, 1.82) is 0 Å². The van der Waals surface area contributed by atoms with E-state index >= 15 is 0 Å². The average Bonchev–Trinajstić information content (AvgIpc) is 3.08. The summed E-state index contributed by atoms with van der Waals surface area (Å²) in [4.78, 5) is 9.50. The maximum Gasteiger partial charge on any atom is 0.0922 e. The van der Waals surface area contributed by atoms with Crippen LogP contribution in [0.25, 0.3) is 0 Å². The first-order valence-electron chi connectivity index (χ1n) is 7.20. The van der Waals surface area contributed by atoms with Gasteiger partial charge < -0.3 is 9.72 Å². The molecule has 1 aliphatic heterocycles. The molecule has 0 bridgehead atoms. The summed E-state index contributed by atoms with van der Waals surface area (Å²) in [5.41, 5.74) is 2.14. The molecule has 1 fully saturated rings. The average molecular weight is 354 g/mol. The van der Waals surface area contributed by atoms with Crippen molar-refractivity contribution in [1.82, 2.24) is 24.6 Å². The van der Waals surface area contributed by atoms with Gasteiger partial charge in [0.25, 0.3) is 0 Å². The largest absolute Gasteiger partial charge is 0.372 e. The standard InChI is InChI=1S/C14H20BrN5O/c1-19-7-13(15)14(18-19)8-20-4-2-12(3-5-20)21-9-11-6-16-10-17-11/h6-7,10,12H,2-5,8-9H2,1H3,(H,16,17). The fraction of sp³-hybridized carbons (Fsp3) is 0.571. The Kier molecular flexibility index (Phi) is 4.72. The second-order valence-corrected chi connectivity index (χ2v) is 6.32. The molecule has 0 saturated carbocycles. The van der Waals surface area contributed by atoms with E-state index in [0.29, 0.717) is 12.7 Å². The van der Waals surface area contributed by atoms with E-state index in [1.165, 1.54) is 0 Å². The molecule has 7 heteroatoms. The highest BCUT2D eigenvalue weighted by Gasteiger charge is 2.21. The third kappa shape index (κ3) is 3.93. The summed E-state index contributed by atoms with van der Waals surface area (Å²) in [5.74, 6) is 0. The van der Waals surface area contributed by atoms with Crippen molar-refractivity contribution in [3.63, 3.8) is 0 Å². The number of piperidine rings is 1. The predicted octanol–water partition coefficient (Wildman–Crippen LogP) is 2.09. The molecule has 2 aromatic rings. The Morgan fingerprint density at radius 2 is 2.24 bits per heavy atom. The van der Waals surface area contributed by atoms with Gasteiger partial charge >= 0.3 is 0 Å². The summed E-state index contributed by atoms with van der Waals surface area (Å²) in [6.45, 7) is 3.62. The fourth-order valence-electron chi connectivity index (χ4n) is 2.63. The summed E-state index contributed by atoms with van der Waals surface area (Å²) in [6, 6.07) is 0. The molecule has 1 saturated heterocycles. The number of ether oxygens (including phenoxy) is 1. The number of halogens is 1. The Morgan fingerprint density at radius 1 is 1.43 bits per heavy atom. The number of rotatable bonds is 5. The number of imidazole rings is 1. The van der Waals surface area contributed by atoms with Gasteiger partial charge in [0.05, 0.1) is 41.1 Å². The van der Waals surface area contributed by atoms with E-state index in [9.17, 15) is 0 Å². The van der Waals surface area contributed by atoms with Crippen LogP contribution in [0, 0.1) is 0 Å². The van der Waals surface area contributed by atoms with Gasteiger partial charge in [-0.1, -0.05) is 0 Å². The van der Waals surface area contributed by atoms with E-state index in [0.717, 1.165) is 48.3 Å². The summed E-state index contributed by atoms with van der Waals surface area (Å²) in [7, 11) is 1.95. The molecular weight excluding hydrogens is 334 g/mol. The van der Waals surface area contributed by atoms with Crippen LogP contribution in [0.5, 0.6) is 0 Å². The molecule has 3 rings (SSSR count). The van der Waals surface area contributed by atoms with Crippen LogP contribution >= 0.6 is 15.9 Å². The highest BCUT2D eigenvalue weighted by molar-refractivity contribution is 9.10. The molecule has 0 amide bonds. The number of hydrogen-bond donors (Lipinski definition) is 1. The molecule has 1 aliphatic rings. The first kappa shape index (κ1) is 14.7. The second-order valence-electron chi connectivity index (χ2n) is 5.46. The molecule has 0 spiro atoms. The third-order valence-electron chi connectivity index (χ3n) is 3.79. The zero-order valence-corrected chi connectivity index (χ0v) is 13.7. The smallest absolute Gasteiger partial charge is 0.0922 e. The van der Waals surface area contributed by atoms with E-state index < -0.39 is 0 Å². The molecule has 6 nitrogen and oxygen atoms in total. The van der Waals surface area contributed by atoms with Gasteiger partial charge in [-0.25, -0.2) is 4.98 Å². The van der Waals surface area contributed by atoms with Crippen LogP contribution in [-0.2, 0) is 24.9 Å². The maximum atomic E-state index is 5.93. The van der Waals surface area contributed by atoms with Gasteiger partial charge in [-0.15, -0.1) is 0 Å². The van der Waals surface area contributed by atoms with Crippen LogP contribution in [0.15, 0.2) is 23.2 Å². The lowest BCUT2D eigenvalue weighted by Crippen LogP contribution is -2.36. The zero-order valence-electron chi connectivity index (χ0n) is 12.1. The van der Waals surface area contributed by atoms with Crippen molar-refractivity contribution >= 4 is 15.9 Å². The number of nitrogens with zero attached hydrogens (tertiary/aromatic N) is 4. The lowest BCUT2D eigenvalue weighted by Gasteiger charge is -2.31. The van der Waals surface area contributed by atoms with Crippen LogP contribution in [-0.4, -0.2) is 43.8 Å². The minimum Gasteiger partial charge on any atom is -0.372 e. The summed E-state index contributed by atoms with van der Waals surface area (Å²) >= 11 is 3.56. The molecule has 0 aromatic carbocycles. The first-order valence-corrected chi connectivity index (χ1v) is 7.99. The van der Waals surface area contributed by atoms with Gasteiger partial charge in [0, 0.05) is 32.9 Å². The van der Waals surface area contributed by atoms with Crippen LogP contribution in [0.4, 0.5) is 0 Å². The van der Waals surface area contributed by atoms with Crippen molar-refractivity contribution in [2.24, 2.45) is 7.05 Å². The molecular formula is C14H20BrN5O. The number of nitrogens with one attached hydrogen (secondary N) is 1. The third-order valence-corrected chi connectivity index (χ3v) is 4.45. The second kappa shape index (κ2) is 6.72. The van der Waals surface area contributed by atoms with E-state index in [-0.39, 0.29) is 0 Å². The van der Waals surface area contributed by atoms with E-state index in [1.807, 2.05) is 24.1 Å². The molecule has 2 aromatic heterocycles. The Morgan fingerprint density at radius 3 is 2.86 bits per heavy atom. The van der Waals surface area contributed by atoms with Crippen molar-refractivity contribution in [2.75, 3.05) is 13.1 Å². The van der Waals surface area contributed by atoms with Gasteiger partial charge in [0.2, 0.25) is 0 Å². The Labute approximate surface area is 132 Å². The molecule has 3 heterocycles. The summed E-state index contributed by atoms with van der Waals surface area (Å²) in [6.07, 6.45) is 7.98. The minimum atomic E-state index is 0.344. The van der Waals surface area contributed by atoms with Gasteiger partial charge in [-0.2, -0.15) is 5.10 Å². The topological polar surface area (TPSA) is 59.0 Å². The predicted molar refractivity (Wildman–Crippen MR) is 82.6 cm³/mol. The molecule has 1 N–H and O–H groups in total. The van der Waals surface area contributed by atoms with Gasteiger partial charge in [0.15, 0.2) is 0 Å². The van der Waals surface area contributed by atoms with Crippen LogP contribution in [0.2, 0.25) is 0 Å². The van der Waals surface area contributed by atoms with E-state index in [1.54, 1.807) is 6.33 Å². The number of H-pyrrole nitrogens is 1. The molecule has 0 radical (unpaired) electrons. The lowest BCUT2D eigenvalue weighted by molar-refractivity contribution is -0.00536. The maximum absolute atomic E-state index is 5.93. The minimum absolute atomic E-state index is 0.344. The van der Waals surface area contributed by atoms with Crippen LogP contribution in [0.3, 0.4) is 0 Å². The van der Waals surface area contributed by atoms with Crippen molar-refractivity contribution in [3.05, 3.63) is 34.6 Å². The summed E-state index contributed by atoms with van der Waals surface area (Å²) < 4.78 is 8.86. The number of aromatic amines is 1. The van der Waals surface area contributed by atoms with Gasteiger partial charge in [-0.3, -0.25) is 9.58 Å². The van der Waals surface area contributed by atoms with Crippen molar-refractivity contribution in [2.45, 2.75) is 32.1 Å². The Balaban J connectivity index is 1.43. The SMILES string of the molecule is Cn1cc(Br)c(CN2CCC(OCc3cnc[nH]3)CC2)n1. The first-order chi connectivity index (χ1) is 10.2. The molecule has 0 atom stereocenters. The van der Waals surface area contributed by atoms with Crippen LogP contribution < -0.4 is 0 Å².